The largest absolute Gasteiger partial charge is 0.399 e. The number of benzene rings is 1. The summed E-state index contributed by atoms with van der Waals surface area (Å²) in [6, 6.07) is 6.10. The molecule has 0 bridgehead atoms. The maximum Gasteiger partial charge on any atom is 0.0317 e. The summed E-state index contributed by atoms with van der Waals surface area (Å²) < 4.78 is 0. The predicted octanol–water partition coefficient (Wildman–Crippen LogP) is 5.10. The molecule has 19 heavy (non-hydrogen) atoms. The van der Waals surface area contributed by atoms with Gasteiger partial charge in [-0.05, 0) is 55.5 Å². The molecule has 0 spiro atoms. The van der Waals surface area contributed by atoms with Crippen LogP contribution in [0.4, 0.5) is 5.69 Å². The van der Waals surface area contributed by atoms with Crippen molar-refractivity contribution in [1.29, 1.82) is 0 Å². The Bertz CT molecular complexity index is 540. The van der Waals surface area contributed by atoms with Gasteiger partial charge in [-0.3, -0.25) is 0 Å². The van der Waals surface area contributed by atoms with Gasteiger partial charge in [-0.25, -0.2) is 0 Å². The van der Waals surface area contributed by atoms with Crippen molar-refractivity contribution in [3.05, 3.63) is 59.0 Å². The van der Waals surface area contributed by atoms with E-state index in [4.69, 9.17) is 5.73 Å². The van der Waals surface area contributed by atoms with Crippen LogP contribution in [0.5, 0.6) is 0 Å². The van der Waals surface area contributed by atoms with Crippen LogP contribution in [-0.2, 0) is 0 Å². The van der Waals surface area contributed by atoms with Crippen molar-refractivity contribution in [3.8, 4) is 0 Å². The molecule has 0 fully saturated rings. The third kappa shape index (κ3) is 3.54. The predicted molar refractivity (Wildman–Crippen MR) is 86.2 cm³/mol. The zero-order chi connectivity index (χ0) is 13.8. The Morgan fingerprint density at radius 1 is 1.47 bits per heavy atom. The first-order valence-electron chi connectivity index (χ1n) is 6.65. The minimum Gasteiger partial charge on any atom is -0.399 e. The van der Waals surface area contributed by atoms with Crippen LogP contribution in [-0.4, -0.2) is 0 Å². The molecule has 1 unspecified atom stereocenters. The van der Waals surface area contributed by atoms with Gasteiger partial charge in [0.25, 0.3) is 0 Å². The zero-order valence-electron chi connectivity index (χ0n) is 11.6. The van der Waals surface area contributed by atoms with Gasteiger partial charge >= 0.3 is 0 Å². The highest BCUT2D eigenvalue weighted by Gasteiger charge is 2.13. The number of nitrogens with two attached hydrogens (primary N) is 1. The first kappa shape index (κ1) is 14.0. The molecular formula is C17H21NS. The topological polar surface area (TPSA) is 26.0 Å². The van der Waals surface area contributed by atoms with Crippen molar-refractivity contribution in [2.75, 3.05) is 5.73 Å². The summed E-state index contributed by atoms with van der Waals surface area (Å²) in [6.45, 7) is 8.23. The lowest BCUT2D eigenvalue weighted by Gasteiger charge is -2.19. The van der Waals surface area contributed by atoms with Crippen molar-refractivity contribution in [3.63, 3.8) is 0 Å². The molecule has 0 amide bonds. The number of rotatable bonds is 4. The Balaban J connectivity index is 2.17. The number of nitrogen functional groups attached to an aromatic ring is 1. The molecule has 2 N–H and O–H groups in total. The first-order valence-corrected chi connectivity index (χ1v) is 7.47. The average molecular weight is 271 g/mol. The zero-order valence-corrected chi connectivity index (χ0v) is 12.5. The summed E-state index contributed by atoms with van der Waals surface area (Å²) in [6.07, 6.45) is 8.74. The van der Waals surface area contributed by atoms with Gasteiger partial charge in [-0.15, -0.1) is 6.58 Å². The molecule has 1 aliphatic carbocycles. The molecule has 2 rings (SSSR count). The van der Waals surface area contributed by atoms with Crippen LogP contribution in [0.1, 0.15) is 25.3 Å². The van der Waals surface area contributed by atoms with E-state index in [0.29, 0.717) is 5.92 Å². The third-order valence-corrected chi connectivity index (χ3v) is 4.64. The lowest BCUT2D eigenvalue weighted by Crippen LogP contribution is -2.02. The number of allylic oxidation sites excluding steroid dienone is 4. The van der Waals surface area contributed by atoms with Crippen molar-refractivity contribution in [1.82, 2.24) is 0 Å². The van der Waals surface area contributed by atoms with E-state index in [1.165, 1.54) is 20.9 Å². The summed E-state index contributed by atoms with van der Waals surface area (Å²) in [4.78, 5) is 2.62. The van der Waals surface area contributed by atoms with Crippen molar-refractivity contribution < 1.29 is 0 Å². The molecule has 100 valence electrons. The lowest BCUT2D eigenvalue weighted by molar-refractivity contribution is 0.669. The molecule has 0 aliphatic heterocycles. The number of hydrogen-bond acceptors (Lipinski definition) is 2. The summed E-state index contributed by atoms with van der Waals surface area (Å²) >= 11 is 1.83. The van der Waals surface area contributed by atoms with E-state index >= 15 is 0 Å². The number of hydrogen-bond donors (Lipinski definition) is 1. The van der Waals surface area contributed by atoms with E-state index in [1.807, 2.05) is 30.0 Å². The quantitative estimate of drug-likeness (QED) is 0.609. The summed E-state index contributed by atoms with van der Waals surface area (Å²) in [5.74, 6) is 0.634. The normalized spacial score (nSPS) is 18.7. The standard InChI is InChI=1S/C17H21NS/c1-4-5-14-11-16(8-6-12(14)2)19-17-9-7-15(18)10-13(17)3/h4,7-12H,1,5-6,18H2,2-3H3. The Kier molecular flexibility index (Phi) is 4.54. The van der Waals surface area contributed by atoms with E-state index in [1.54, 1.807) is 0 Å². The highest BCUT2D eigenvalue weighted by molar-refractivity contribution is 8.03. The molecule has 1 aliphatic rings. The van der Waals surface area contributed by atoms with E-state index in [0.717, 1.165) is 18.5 Å². The van der Waals surface area contributed by atoms with Crippen LogP contribution in [0.2, 0.25) is 0 Å². The van der Waals surface area contributed by atoms with Crippen LogP contribution in [0, 0.1) is 12.8 Å². The molecule has 1 nitrogen and oxygen atoms in total. The Hall–Kier alpha value is -1.41. The molecule has 2 heteroatoms. The van der Waals surface area contributed by atoms with Gasteiger partial charge in [0.2, 0.25) is 0 Å². The fourth-order valence-electron chi connectivity index (χ4n) is 2.24. The molecule has 0 saturated heterocycles. The SMILES string of the molecule is C=CCC1=CC(Sc2ccc(N)cc2C)=CCC1C. The van der Waals surface area contributed by atoms with Gasteiger partial charge in [-0.2, -0.15) is 0 Å². The maximum atomic E-state index is 5.79. The molecule has 0 aromatic heterocycles. The second kappa shape index (κ2) is 6.16. The molecule has 0 heterocycles. The summed E-state index contributed by atoms with van der Waals surface area (Å²) in [7, 11) is 0. The Morgan fingerprint density at radius 3 is 2.95 bits per heavy atom. The van der Waals surface area contributed by atoms with Gasteiger partial charge in [0.1, 0.15) is 0 Å². The maximum absolute atomic E-state index is 5.79. The third-order valence-electron chi connectivity index (χ3n) is 3.44. The minimum absolute atomic E-state index is 0.634. The van der Waals surface area contributed by atoms with Crippen LogP contribution >= 0.6 is 11.8 Å². The number of aryl methyl sites for hydroxylation is 1. The number of anilines is 1. The Labute approximate surface area is 120 Å². The van der Waals surface area contributed by atoms with Crippen molar-refractivity contribution in [2.24, 2.45) is 5.92 Å². The van der Waals surface area contributed by atoms with Gasteiger partial charge < -0.3 is 5.73 Å². The van der Waals surface area contributed by atoms with Gasteiger partial charge in [0.15, 0.2) is 0 Å². The van der Waals surface area contributed by atoms with E-state index in [2.05, 4.69) is 38.6 Å². The first-order chi connectivity index (χ1) is 9.10. The van der Waals surface area contributed by atoms with Crippen molar-refractivity contribution >= 4 is 17.4 Å². The molecule has 1 atom stereocenters. The van der Waals surface area contributed by atoms with E-state index in [-0.39, 0.29) is 0 Å². The van der Waals surface area contributed by atoms with Crippen LogP contribution < -0.4 is 5.73 Å². The molecule has 1 aromatic carbocycles. The smallest absolute Gasteiger partial charge is 0.0317 e. The average Bonchev–Trinajstić information content (AvgIpc) is 2.37. The fraction of sp³-hybridized carbons (Fsp3) is 0.294. The van der Waals surface area contributed by atoms with Crippen molar-refractivity contribution in [2.45, 2.75) is 31.6 Å². The molecular weight excluding hydrogens is 250 g/mol. The number of thioether (sulfide) groups is 1. The lowest BCUT2D eigenvalue weighted by atomic mass is 9.91. The molecule has 1 aromatic rings. The second-order valence-corrected chi connectivity index (χ2v) is 6.20. The van der Waals surface area contributed by atoms with Gasteiger partial charge in [-0.1, -0.05) is 36.4 Å². The minimum atomic E-state index is 0.634. The van der Waals surface area contributed by atoms with Crippen LogP contribution in [0.3, 0.4) is 0 Å². The van der Waals surface area contributed by atoms with E-state index < -0.39 is 0 Å². The molecule has 0 saturated carbocycles. The van der Waals surface area contributed by atoms with Gasteiger partial charge in [0.05, 0.1) is 0 Å². The summed E-state index contributed by atoms with van der Waals surface area (Å²) in [5.41, 5.74) is 9.34. The van der Waals surface area contributed by atoms with Gasteiger partial charge in [0, 0.05) is 15.5 Å². The summed E-state index contributed by atoms with van der Waals surface area (Å²) in [5, 5.41) is 0. The molecule has 0 radical (unpaired) electrons. The van der Waals surface area contributed by atoms with E-state index in [9.17, 15) is 0 Å². The van der Waals surface area contributed by atoms with Crippen LogP contribution in [0.25, 0.3) is 0 Å². The fourth-order valence-corrected chi connectivity index (χ4v) is 3.24. The highest BCUT2D eigenvalue weighted by Crippen LogP contribution is 2.36. The monoisotopic (exact) mass is 271 g/mol. The highest BCUT2D eigenvalue weighted by atomic mass is 32.2. The van der Waals surface area contributed by atoms with Crippen LogP contribution in [0.15, 0.2) is 58.4 Å². The Morgan fingerprint density at radius 2 is 2.26 bits per heavy atom. The second-order valence-electron chi connectivity index (χ2n) is 5.08.